The van der Waals surface area contributed by atoms with Gasteiger partial charge in [0.1, 0.15) is 0 Å². The summed E-state index contributed by atoms with van der Waals surface area (Å²) < 4.78 is 6.04. The lowest BCUT2D eigenvalue weighted by molar-refractivity contribution is -0.0941. The Bertz CT molecular complexity index is 462. The zero-order valence-electron chi connectivity index (χ0n) is 13.1. The number of rotatable bonds is 6. The fourth-order valence-corrected chi connectivity index (χ4v) is 3.25. The van der Waals surface area contributed by atoms with Crippen molar-refractivity contribution in [2.24, 2.45) is 0 Å². The second kappa shape index (κ2) is 7.59. The molecule has 2 atom stereocenters. The lowest BCUT2D eigenvalue weighted by atomic mass is 9.85. The zero-order valence-corrected chi connectivity index (χ0v) is 13.1. The fourth-order valence-electron chi connectivity index (χ4n) is 3.25. The third kappa shape index (κ3) is 4.06. The summed E-state index contributed by atoms with van der Waals surface area (Å²) >= 11 is 0. The van der Waals surface area contributed by atoms with Gasteiger partial charge in [0, 0.05) is 18.7 Å². The van der Waals surface area contributed by atoms with Crippen LogP contribution in [0.1, 0.15) is 57.6 Å². The Morgan fingerprint density at radius 1 is 1.33 bits per heavy atom. The van der Waals surface area contributed by atoms with E-state index >= 15 is 0 Å². The van der Waals surface area contributed by atoms with Gasteiger partial charge in [0.25, 0.3) is 0 Å². The predicted octanol–water partition coefficient (Wildman–Crippen LogP) is 3.97. The van der Waals surface area contributed by atoms with Gasteiger partial charge in [0.15, 0.2) is 0 Å². The molecule has 0 bridgehead atoms. The minimum atomic E-state index is 0.0177. The van der Waals surface area contributed by atoms with Crippen molar-refractivity contribution in [3.05, 3.63) is 35.9 Å². The van der Waals surface area contributed by atoms with Crippen LogP contribution in [0.25, 0.3) is 0 Å². The summed E-state index contributed by atoms with van der Waals surface area (Å²) in [6, 6.07) is 13.1. The summed E-state index contributed by atoms with van der Waals surface area (Å²) in [4.78, 5) is 0. The van der Waals surface area contributed by atoms with Crippen molar-refractivity contribution < 1.29 is 4.74 Å². The molecule has 0 spiro atoms. The SMILES string of the molecule is CCC1(CC)CC(NC(CC#N)c2ccccc2)CCO1. The lowest BCUT2D eigenvalue weighted by Crippen LogP contribution is -2.47. The normalized spacial score (nSPS) is 22.4. The van der Waals surface area contributed by atoms with Gasteiger partial charge in [-0.3, -0.25) is 0 Å². The summed E-state index contributed by atoms with van der Waals surface area (Å²) in [6.45, 7) is 5.22. The zero-order chi connectivity index (χ0) is 15.1. The number of ether oxygens (including phenoxy) is 1. The lowest BCUT2D eigenvalue weighted by Gasteiger charge is -2.41. The van der Waals surface area contributed by atoms with E-state index in [-0.39, 0.29) is 11.6 Å². The first-order chi connectivity index (χ1) is 10.2. The van der Waals surface area contributed by atoms with Crippen LogP contribution in [-0.2, 0) is 4.74 Å². The van der Waals surface area contributed by atoms with Crippen molar-refractivity contribution in [3.63, 3.8) is 0 Å². The van der Waals surface area contributed by atoms with Gasteiger partial charge >= 0.3 is 0 Å². The molecule has 1 heterocycles. The van der Waals surface area contributed by atoms with E-state index in [1.165, 1.54) is 5.56 Å². The van der Waals surface area contributed by atoms with Gasteiger partial charge in [-0.25, -0.2) is 0 Å². The van der Waals surface area contributed by atoms with E-state index in [2.05, 4.69) is 37.4 Å². The average molecular weight is 286 g/mol. The Balaban J connectivity index is 2.05. The van der Waals surface area contributed by atoms with Gasteiger partial charge in [-0.05, 0) is 31.2 Å². The topological polar surface area (TPSA) is 45.0 Å². The van der Waals surface area contributed by atoms with Gasteiger partial charge in [-0.1, -0.05) is 44.2 Å². The van der Waals surface area contributed by atoms with Gasteiger partial charge in [0.2, 0.25) is 0 Å². The van der Waals surface area contributed by atoms with E-state index < -0.39 is 0 Å². The van der Waals surface area contributed by atoms with Crippen molar-refractivity contribution in [1.29, 1.82) is 5.26 Å². The largest absolute Gasteiger partial charge is 0.375 e. The summed E-state index contributed by atoms with van der Waals surface area (Å²) in [5.41, 5.74) is 1.22. The van der Waals surface area contributed by atoms with Gasteiger partial charge in [-0.2, -0.15) is 5.26 Å². The van der Waals surface area contributed by atoms with Crippen LogP contribution in [0.4, 0.5) is 0 Å². The van der Waals surface area contributed by atoms with Crippen LogP contribution in [0, 0.1) is 11.3 Å². The molecule has 3 heteroatoms. The molecule has 1 saturated heterocycles. The number of nitrogens with zero attached hydrogens (tertiary/aromatic N) is 1. The summed E-state index contributed by atoms with van der Waals surface area (Å²) in [5.74, 6) is 0. The Morgan fingerprint density at radius 2 is 2.05 bits per heavy atom. The molecule has 114 valence electrons. The highest BCUT2D eigenvalue weighted by Crippen LogP contribution is 2.32. The molecule has 1 fully saturated rings. The predicted molar refractivity (Wildman–Crippen MR) is 84.8 cm³/mol. The second-order valence-corrected chi connectivity index (χ2v) is 5.92. The maximum atomic E-state index is 9.11. The molecule has 1 aliphatic rings. The molecular weight excluding hydrogens is 260 g/mol. The van der Waals surface area contributed by atoms with E-state index in [1.54, 1.807) is 0 Å². The van der Waals surface area contributed by atoms with Crippen LogP contribution in [-0.4, -0.2) is 18.2 Å². The molecule has 0 saturated carbocycles. The summed E-state index contributed by atoms with van der Waals surface area (Å²) in [6.07, 6.45) is 4.67. The molecule has 0 aromatic heterocycles. The van der Waals surface area contributed by atoms with E-state index in [9.17, 15) is 0 Å². The molecule has 1 aliphatic heterocycles. The Kier molecular flexibility index (Phi) is 5.78. The van der Waals surface area contributed by atoms with Crippen molar-refractivity contribution in [2.75, 3.05) is 6.61 Å². The standard InChI is InChI=1S/C18H26N2O/c1-3-18(4-2)14-16(11-13-21-18)20-17(10-12-19)15-8-6-5-7-9-15/h5-9,16-17,20H,3-4,10-11,13-14H2,1-2H3. The van der Waals surface area contributed by atoms with Crippen molar-refractivity contribution in [1.82, 2.24) is 5.32 Å². The molecule has 0 radical (unpaired) electrons. The Morgan fingerprint density at radius 3 is 2.67 bits per heavy atom. The average Bonchev–Trinajstić information content (AvgIpc) is 2.55. The smallest absolute Gasteiger partial charge is 0.0692 e. The highest BCUT2D eigenvalue weighted by Gasteiger charge is 2.35. The van der Waals surface area contributed by atoms with Crippen LogP contribution >= 0.6 is 0 Å². The van der Waals surface area contributed by atoms with Gasteiger partial charge in [-0.15, -0.1) is 0 Å². The summed E-state index contributed by atoms with van der Waals surface area (Å²) in [7, 11) is 0. The molecule has 21 heavy (non-hydrogen) atoms. The van der Waals surface area contributed by atoms with E-state index in [4.69, 9.17) is 10.00 Å². The summed E-state index contributed by atoms with van der Waals surface area (Å²) in [5, 5.41) is 12.8. The number of nitriles is 1. The quantitative estimate of drug-likeness (QED) is 0.860. The van der Waals surface area contributed by atoms with Crippen LogP contribution in [0.2, 0.25) is 0 Å². The van der Waals surface area contributed by atoms with Crippen molar-refractivity contribution >= 4 is 0 Å². The maximum Gasteiger partial charge on any atom is 0.0692 e. The minimum Gasteiger partial charge on any atom is -0.375 e. The third-order valence-corrected chi connectivity index (χ3v) is 4.72. The molecule has 1 aromatic rings. The molecule has 0 amide bonds. The molecule has 1 N–H and O–H groups in total. The van der Waals surface area contributed by atoms with E-state index in [0.29, 0.717) is 12.5 Å². The van der Waals surface area contributed by atoms with Crippen LogP contribution in [0.5, 0.6) is 0 Å². The Labute approximate surface area is 128 Å². The molecular formula is C18H26N2O. The van der Waals surface area contributed by atoms with Crippen LogP contribution in [0.3, 0.4) is 0 Å². The second-order valence-electron chi connectivity index (χ2n) is 5.92. The first kappa shape index (κ1) is 16.0. The van der Waals surface area contributed by atoms with Crippen LogP contribution < -0.4 is 5.32 Å². The molecule has 3 nitrogen and oxygen atoms in total. The van der Waals surface area contributed by atoms with Crippen molar-refractivity contribution in [2.45, 2.75) is 63.6 Å². The van der Waals surface area contributed by atoms with Gasteiger partial charge < -0.3 is 10.1 Å². The monoisotopic (exact) mass is 286 g/mol. The van der Waals surface area contributed by atoms with Crippen LogP contribution in [0.15, 0.2) is 30.3 Å². The fraction of sp³-hybridized carbons (Fsp3) is 0.611. The third-order valence-electron chi connectivity index (χ3n) is 4.72. The van der Waals surface area contributed by atoms with E-state index in [0.717, 1.165) is 32.3 Å². The number of hydrogen-bond donors (Lipinski definition) is 1. The molecule has 2 unspecified atom stereocenters. The van der Waals surface area contributed by atoms with Crippen molar-refractivity contribution in [3.8, 4) is 6.07 Å². The first-order valence-electron chi connectivity index (χ1n) is 8.05. The molecule has 0 aliphatic carbocycles. The first-order valence-corrected chi connectivity index (χ1v) is 8.05. The van der Waals surface area contributed by atoms with E-state index in [1.807, 2.05) is 18.2 Å². The number of benzene rings is 1. The maximum absolute atomic E-state index is 9.11. The molecule has 1 aromatic carbocycles. The number of nitrogens with one attached hydrogen (secondary N) is 1. The van der Waals surface area contributed by atoms with Gasteiger partial charge in [0.05, 0.1) is 18.1 Å². The highest BCUT2D eigenvalue weighted by molar-refractivity contribution is 5.20. The highest BCUT2D eigenvalue weighted by atomic mass is 16.5. The number of hydrogen-bond acceptors (Lipinski definition) is 3. The molecule has 2 rings (SSSR count). The Hall–Kier alpha value is -1.37. The minimum absolute atomic E-state index is 0.0177.